The number of carboxylic acids is 1. The van der Waals surface area contributed by atoms with Gasteiger partial charge in [0.15, 0.2) is 11.7 Å². The molecular formula is C28H25N5O7. The third kappa shape index (κ3) is 4.82. The first-order valence-electron chi connectivity index (χ1n) is 12.4. The zero-order valence-electron chi connectivity index (χ0n) is 21.5. The second kappa shape index (κ2) is 10.5. The summed E-state index contributed by atoms with van der Waals surface area (Å²) in [5.74, 6) is -2.99. The van der Waals surface area contributed by atoms with Gasteiger partial charge in [0.1, 0.15) is 17.1 Å². The van der Waals surface area contributed by atoms with Gasteiger partial charge in [-0.1, -0.05) is 18.2 Å². The number of benzene rings is 2. The molecule has 0 saturated heterocycles. The third-order valence-corrected chi connectivity index (χ3v) is 6.99. The minimum atomic E-state index is -1.19. The van der Waals surface area contributed by atoms with Gasteiger partial charge in [-0.05, 0) is 60.2 Å². The minimum Gasteiger partial charge on any atom is -0.508 e. The number of fused-ring (bicyclic) bond motifs is 2. The van der Waals surface area contributed by atoms with Gasteiger partial charge in [-0.2, -0.15) is 5.10 Å². The molecule has 2 heterocycles. The second-order valence-corrected chi connectivity index (χ2v) is 9.32. The number of aromatic hydroxyl groups is 1. The van der Waals surface area contributed by atoms with Crippen molar-refractivity contribution in [2.24, 2.45) is 0 Å². The van der Waals surface area contributed by atoms with E-state index in [2.05, 4.69) is 20.7 Å². The van der Waals surface area contributed by atoms with Crippen molar-refractivity contribution in [2.75, 3.05) is 7.11 Å². The van der Waals surface area contributed by atoms with Crippen LogP contribution in [0.15, 0.2) is 54.7 Å². The van der Waals surface area contributed by atoms with Gasteiger partial charge in [0.05, 0.1) is 24.9 Å². The zero-order chi connectivity index (χ0) is 28.6. The lowest BCUT2D eigenvalue weighted by Gasteiger charge is -2.18. The molecule has 4 aromatic rings. The Hall–Kier alpha value is -5.26. The Balaban J connectivity index is 1.43. The van der Waals surface area contributed by atoms with E-state index in [1.165, 1.54) is 60.3 Å². The summed E-state index contributed by atoms with van der Waals surface area (Å²) >= 11 is 0. The number of hydrogen-bond acceptors (Lipinski definition) is 8. The molecule has 5 rings (SSSR count). The number of methoxy groups -OCH3 is 1. The van der Waals surface area contributed by atoms with Crippen LogP contribution in [0.1, 0.15) is 72.1 Å². The van der Waals surface area contributed by atoms with E-state index in [1.807, 2.05) is 0 Å². The highest BCUT2D eigenvalue weighted by Gasteiger charge is 2.30. The van der Waals surface area contributed by atoms with Crippen molar-refractivity contribution in [3.63, 3.8) is 0 Å². The van der Waals surface area contributed by atoms with Crippen molar-refractivity contribution < 1.29 is 34.1 Å². The van der Waals surface area contributed by atoms with Gasteiger partial charge in [0.2, 0.25) is 0 Å². The Bertz CT molecular complexity index is 1660. The number of rotatable bonds is 7. The number of phenolic OH excluding ortho intramolecular Hbond substituents is 1. The molecule has 1 aliphatic carbocycles. The molecule has 2 aromatic heterocycles. The average molecular weight is 544 g/mol. The number of ether oxygens (including phenoxy) is 1. The Labute approximate surface area is 227 Å². The highest BCUT2D eigenvalue weighted by Crippen LogP contribution is 2.35. The van der Waals surface area contributed by atoms with E-state index in [9.17, 15) is 29.4 Å². The number of nitrogens with zero attached hydrogens (tertiary/aromatic N) is 3. The number of hydrogen-bond donors (Lipinski definition) is 4. The molecule has 204 valence electrons. The number of amides is 2. The molecule has 0 saturated carbocycles. The molecule has 0 radical (unpaired) electrons. The predicted octanol–water partition coefficient (Wildman–Crippen LogP) is 2.50. The summed E-state index contributed by atoms with van der Waals surface area (Å²) in [6.07, 6.45) is 2.63. The maximum absolute atomic E-state index is 13.5. The van der Waals surface area contributed by atoms with Crippen molar-refractivity contribution in [1.29, 1.82) is 0 Å². The first-order valence-corrected chi connectivity index (χ1v) is 12.4. The Morgan fingerprint density at radius 1 is 1.07 bits per heavy atom. The summed E-state index contributed by atoms with van der Waals surface area (Å²) in [5, 5.41) is 28.7. The van der Waals surface area contributed by atoms with Gasteiger partial charge >= 0.3 is 11.9 Å². The lowest BCUT2D eigenvalue weighted by molar-refractivity contribution is -0.143. The van der Waals surface area contributed by atoms with Crippen molar-refractivity contribution in [3.05, 3.63) is 93.9 Å². The highest BCUT2D eigenvalue weighted by atomic mass is 16.5. The van der Waals surface area contributed by atoms with E-state index in [-0.39, 0.29) is 34.4 Å². The molecule has 12 nitrogen and oxygen atoms in total. The van der Waals surface area contributed by atoms with E-state index in [0.29, 0.717) is 24.0 Å². The van der Waals surface area contributed by atoms with Gasteiger partial charge in [0.25, 0.3) is 11.8 Å². The SMILES string of the molecule is COC(=O)[C@H](NC(=O)c1cc(C(=O)NC2CCc3c2ccc(C(=O)O)c3C)n2nccc2n1)c1ccc(O)cc1. The number of esters is 1. The fourth-order valence-corrected chi connectivity index (χ4v) is 4.95. The highest BCUT2D eigenvalue weighted by molar-refractivity contribution is 6.00. The summed E-state index contributed by atoms with van der Waals surface area (Å²) in [6, 6.07) is 10.2. The molecule has 2 aromatic carbocycles. The molecule has 0 aliphatic heterocycles. The molecule has 1 unspecified atom stereocenters. The van der Waals surface area contributed by atoms with Crippen LogP contribution >= 0.6 is 0 Å². The summed E-state index contributed by atoms with van der Waals surface area (Å²) in [6.45, 7) is 1.76. The maximum Gasteiger partial charge on any atom is 0.335 e. The van der Waals surface area contributed by atoms with Crippen LogP contribution < -0.4 is 10.6 Å². The molecule has 2 amide bonds. The summed E-state index contributed by atoms with van der Waals surface area (Å²) in [5.41, 5.74) is 3.18. The van der Waals surface area contributed by atoms with E-state index in [1.54, 1.807) is 13.0 Å². The standard InChI is InChI=1S/C28H25N5O7/c1-14-17-9-10-20(19(17)8-7-18(14)27(37)38)31-26(36)22-13-21(30-23-11-12-29-33(22)23)25(35)32-24(28(39)40-2)15-3-5-16(34)6-4-15/h3-8,11-13,20,24,34H,9-10H2,1-2H3,(H,31,36)(H,32,35)(H,37,38)/t20?,24-/m1/s1. The normalized spacial score (nSPS) is 14.8. The minimum absolute atomic E-state index is 0.00966. The molecule has 40 heavy (non-hydrogen) atoms. The first kappa shape index (κ1) is 26.4. The molecule has 2 atom stereocenters. The van der Waals surface area contributed by atoms with E-state index in [4.69, 9.17) is 4.74 Å². The van der Waals surface area contributed by atoms with Crippen LogP contribution in [0, 0.1) is 6.92 Å². The lowest BCUT2D eigenvalue weighted by Crippen LogP contribution is -2.35. The molecule has 0 bridgehead atoms. The van der Waals surface area contributed by atoms with E-state index in [0.717, 1.165) is 11.1 Å². The number of carboxylic acid groups (broad SMARTS) is 1. The lowest BCUT2D eigenvalue weighted by atomic mass is 9.98. The number of nitrogens with one attached hydrogen (secondary N) is 2. The fraction of sp³-hybridized carbons (Fsp3) is 0.214. The molecule has 12 heteroatoms. The molecule has 1 aliphatic rings. The molecule has 4 N–H and O–H groups in total. The van der Waals surface area contributed by atoms with Gasteiger partial charge in [0, 0.05) is 12.1 Å². The largest absolute Gasteiger partial charge is 0.508 e. The number of carbonyl (C=O) groups is 4. The quantitative estimate of drug-likeness (QED) is 0.256. The summed E-state index contributed by atoms with van der Waals surface area (Å²) in [7, 11) is 1.19. The van der Waals surface area contributed by atoms with Crippen LogP contribution in [-0.2, 0) is 16.0 Å². The first-order chi connectivity index (χ1) is 19.2. The summed E-state index contributed by atoms with van der Waals surface area (Å²) in [4.78, 5) is 55.0. The van der Waals surface area contributed by atoms with Gasteiger partial charge in [-0.25, -0.2) is 19.1 Å². The number of aromatic nitrogens is 3. The second-order valence-electron chi connectivity index (χ2n) is 9.32. The van der Waals surface area contributed by atoms with Crippen LogP contribution in [0.4, 0.5) is 0 Å². The van der Waals surface area contributed by atoms with Crippen LogP contribution in [0.3, 0.4) is 0 Å². The number of phenols is 1. The Kier molecular flexibility index (Phi) is 6.91. The summed E-state index contributed by atoms with van der Waals surface area (Å²) < 4.78 is 6.14. The van der Waals surface area contributed by atoms with Crippen LogP contribution in [-0.4, -0.2) is 55.7 Å². The maximum atomic E-state index is 13.5. The van der Waals surface area contributed by atoms with Crippen molar-refractivity contribution in [1.82, 2.24) is 25.2 Å². The van der Waals surface area contributed by atoms with Crippen molar-refractivity contribution in [3.8, 4) is 5.75 Å². The van der Waals surface area contributed by atoms with Gasteiger partial charge in [-0.15, -0.1) is 0 Å². The average Bonchev–Trinajstić information content (AvgIpc) is 3.58. The number of carbonyl (C=O) groups excluding carboxylic acids is 3. The number of aromatic carboxylic acids is 1. The van der Waals surface area contributed by atoms with E-state index >= 15 is 0 Å². The van der Waals surface area contributed by atoms with E-state index < -0.39 is 29.8 Å². The molecular weight excluding hydrogens is 518 g/mol. The van der Waals surface area contributed by atoms with Gasteiger partial charge in [-0.3, -0.25) is 9.59 Å². The van der Waals surface area contributed by atoms with Crippen LogP contribution in [0.25, 0.3) is 5.65 Å². The fourth-order valence-electron chi connectivity index (χ4n) is 4.95. The van der Waals surface area contributed by atoms with Crippen molar-refractivity contribution in [2.45, 2.75) is 31.8 Å². The monoisotopic (exact) mass is 543 g/mol. The predicted molar refractivity (Wildman–Crippen MR) is 140 cm³/mol. The van der Waals surface area contributed by atoms with Crippen molar-refractivity contribution >= 4 is 29.4 Å². The van der Waals surface area contributed by atoms with Crippen LogP contribution in [0.5, 0.6) is 5.75 Å². The van der Waals surface area contributed by atoms with Crippen LogP contribution in [0.2, 0.25) is 0 Å². The topological polar surface area (TPSA) is 172 Å². The zero-order valence-corrected chi connectivity index (χ0v) is 21.5. The third-order valence-electron chi connectivity index (χ3n) is 6.99. The smallest absolute Gasteiger partial charge is 0.335 e. The Morgan fingerprint density at radius 2 is 1.82 bits per heavy atom. The molecule has 0 fully saturated rings. The van der Waals surface area contributed by atoms with Gasteiger partial charge < -0.3 is 25.6 Å². The molecule has 0 spiro atoms. The Morgan fingerprint density at radius 3 is 2.52 bits per heavy atom.